The maximum atomic E-state index is 12.5. The Balaban J connectivity index is 1.92. The molecule has 0 unspecified atom stereocenters. The second-order valence-electron chi connectivity index (χ2n) is 6.10. The number of ketones is 1. The minimum atomic E-state index is -0.200. The van der Waals surface area contributed by atoms with Crippen molar-refractivity contribution in [3.8, 4) is 5.88 Å². The van der Waals surface area contributed by atoms with Gasteiger partial charge in [-0.05, 0) is 18.6 Å². The first-order valence-corrected chi connectivity index (χ1v) is 8.89. The van der Waals surface area contributed by atoms with E-state index in [0.29, 0.717) is 12.0 Å². The molecule has 0 radical (unpaired) electrons. The van der Waals surface area contributed by atoms with Gasteiger partial charge in [-0.15, -0.1) is 0 Å². The van der Waals surface area contributed by atoms with Crippen LogP contribution in [0.4, 0.5) is 0 Å². The highest BCUT2D eigenvalue weighted by molar-refractivity contribution is 6.03. The fraction of sp³-hybridized carbons (Fsp3) is 0.450. The fourth-order valence-corrected chi connectivity index (χ4v) is 2.71. The number of ether oxygens (including phenoxy) is 1. The number of benzene rings is 1. The molecule has 1 aromatic carbocycles. The van der Waals surface area contributed by atoms with Gasteiger partial charge in [0.2, 0.25) is 11.8 Å². The number of hydrogen-bond donors (Lipinski definition) is 1. The molecule has 0 aliphatic heterocycles. The number of nitrogens with one attached hydrogen (secondary N) is 1. The van der Waals surface area contributed by atoms with Crippen LogP contribution in [0.3, 0.4) is 0 Å². The summed E-state index contributed by atoms with van der Waals surface area (Å²) < 4.78 is 5.24. The molecule has 1 aromatic heterocycles. The van der Waals surface area contributed by atoms with Gasteiger partial charge in [0.15, 0.2) is 5.78 Å². The number of carbonyl (C=O) groups is 2. The van der Waals surface area contributed by atoms with Crippen molar-refractivity contribution in [2.75, 3.05) is 13.7 Å². The van der Waals surface area contributed by atoms with Crippen LogP contribution in [-0.4, -0.2) is 30.3 Å². The summed E-state index contributed by atoms with van der Waals surface area (Å²) in [4.78, 5) is 28.7. The molecular weight excluding hydrogens is 316 g/mol. The Bertz CT molecular complexity index is 728. The third kappa shape index (κ3) is 5.55. The van der Waals surface area contributed by atoms with E-state index in [1.807, 2.05) is 24.3 Å². The van der Waals surface area contributed by atoms with E-state index in [1.54, 1.807) is 6.07 Å². The smallest absolute Gasteiger partial charge is 0.224 e. The highest BCUT2D eigenvalue weighted by Gasteiger charge is 2.16. The molecule has 0 fully saturated rings. The first-order valence-electron chi connectivity index (χ1n) is 8.89. The summed E-state index contributed by atoms with van der Waals surface area (Å²) in [5, 5.41) is 3.57. The molecule has 0 aliphatic rings. The number of fused-ring (bicyclic) bond motifs is 1. The summed E-state index contributed by atoms with van der Waals surface area (Å²) in [6, 6.07) is 9.31. The Morgan fingerprint density at radius 2 is 1.88 bits per heavy atom. The summed E-state index contributed by atoms with van der Waals surface area (Å²) in [6.07, 6.45) is 5.92. The molecule has 2 rings (SSSR count). The Morgan fingerprint density at radius 1 is 1.12 bits per heavy atom. The van der Waals surface area contributed by atoms with Gasteiger partial charge in [-0.3, -0.25) is 9.59 Å². The van der Waals surface area contributed by atoms with Gasteiger partial charge in [0.05, 0.1) is 24.7 Å². The lowest BCUT2D eigenvalue weighted by atomic mass is 10.1. The number of pyridine rings is 1. The zero-order valence-corrected chi connectivity index (χ0v) is 15.0. The van der Waals surface area contributed by atoms with Crippen LogP contribution in [0.15, 0.2) is 30.3 Å². The zero-order chi connectivity index (χ0) is 18.1. The van der Waals surface area contributed by atoms with Gasteiger partial charge in [-0.25, -0.2) is 4.98 Å². The number of Topliss-reactive ketones (excluding diaryl/α,β-unsaturated/α-hetero) is 1. The van der Waals surface area contributed by atoms with Crippen LogP contribution >= 0.6 is 0 Å². The van der Waals surface area contributed by atoms with Gasteiger partial charge in [0, 0.05) is 11.8 Å². The molecule has 0 atom stereocenters. The van der Waals surface area contributed by atoms with Crippen molar-refractivity contribution in [1.82, 2.24) is 10.3 Å². The summed E-state index contributed by atoms with van der Waals surface area (Å²) in [7, 11) is 1.49. The van der Waals surface area contributed by atoms with Crippen molar-refractivity contribution in [3.63, 3.8) is 0 Å². The molecule has 0 spiro atoms. The van der Waals surface area contributed by atoms with E-state index in [0.717, 1.165) is 30.2 Å². The van der Waals surface area contributed by atoms with Crippen LogP contribution in [0.1, 0.15) is 55.8 Å². The van der Waals surface area contributed by atoms with Crippen LogP contribution in [-0.2, 0) is 4.79 Å². The largest absolute Gasteiger partial charge is 0.480 e. The zero-order valence-electron chi connectivity index (χ0n) is 15.0. The van der Waals surface area contributed by atoms with Crippen molar-refractivity contribution in [2.24, 2.45) is 0 Å². The summed E-state index contributed by atoms with van der Waals surface area (Å²) in [5.74, 6) is 0.00418. The second-order valence-corrected chi connectivity index (χ2v) is 6.10. The minimum Gasteiger partial charge on any atom is -0.480 e. The van der Waals surface area contributed by atoms with Gasteiger partial charge in [0.25, 0.3) is 0 Å². The highest BCUT2D eigenvalue weighted by atomic mass is 16.5. The van der Waals surface area contributed by atoms with Crippen LogP contribution in [0, 0.1) is 0 Å². The molecule has 134 valence electrons. The predicted molar refractivity (Wildman–Crippen MR) is 99.0 cm³/mol. The van der Waals surface area contributed by atoms with Crippen LogP contribution in [0.25, 0.3) is 10.9 Å². The molecule has 5 heteroatoms. The van der Waals surface area contributed by atoms with E-state index in [-0.39, 0.29) is 24.1 Å². The molecule has 25 heavy (non-hydrogen) atoms. The fourth-order valence-electron chi connectivity index (χ4n) is 2.71. The molecule has 0 aliphatic carbocycles. The molecule has 0 saturated heterocycles. The van der Waals surface area contributed by atoms with Crippen molar-refractivity contribution in [2.45, 2.75) is 45.4 Å². The molecule has 1 amide bonds. The quantitative estimate of drug-likeness (QED) is 0.525. The standard InChI is InChI=1S/C20H26N2O3/c1-3-4-5-6-7-12-19(24)21-14-18(23)16-13-15-10-8-9-11-17(15)22-20(16)25-2/h8-11,13H,3-7,12,14H2,1-2H3,(H,21,24). The molecule has 1 heterocycles. The van der Waals surface area contributed by atoms with E-state index >= 15 is 0 Å². The molecule has 0 saturated carbocycles. The van der Waals surface area contributed by atoms with Crippen LogP contribution in [0.5, 0.6) is 5.88 Å². The third-order valence-electron chi connectivity index (χ3n) is 4.14. The lowest BCUT2D eigenvalue weighted by molar-refractivity contribution is -0.121. The number of aromatic nitrogens is 1. The Kier molecular flexibility index (Phi) is 7.38. The minimum absolute atomic E-state index is 0.0375. The monoisotopic (exact) mass is 342 g/mol. The van der Waals surface area contributed by atoms with Crippen molar-refractivity contribution in [3.05, 3.63) is 35.9 Å². The number of unbranched alkanes of at least 4 members (excludes halogenated alkanes) is 4. The molecule has 5 nitrogen and oxygen atoms in total. The Labute approximate surface area is 148 Å². The van der Waals surface area contributed by atoms with Gasteiger partial charge >= 0.3 is 0 Å². The van der Waals surface area contributed by atoms with Crippen LogP contribution in [0.2, 0.25) is 0 Å². The number of hydrogen-bond acceptors (Lipinski definition) is 4. The number of methoxy groups -OCH3 is 1. The van der Waals surface area contributed by atoms with Crippen molar-refractivity contribution in [1.29, 1.82) is 0 Å². The van der Waals surface area contributed by atoms with E-state index in [2.05, 4.69) is 17.2 Å². The Morgan fingerprint density at radius 3 is 2.64 bits per heavy atom. The maximum absolute atomic E-state index is 12.5. The number of nitrogens with zero attached hydrogens (tertiary/aromatic N) is 1. The first-order chi connectivity index (χ1) is 12.2. The lowest BCUT2D eigenvalue weighted by Crippen LogP contribution is -2.29. The average molecular weight is 342 g/mol. The van der Waals surface area contributed by atoms with E-state index < -0.39 is 0 Å². The van der Waals surface area contributed by atoms with Gasteiger partial charge < -0.3 is 10.1 Å². The lowest BCUT2D eigenvalue weighted by Gasteiger charge is -2.09. The third-order valence-corrected chi connectivity index (χ3v) is 4.14. The molecule has 1 N–H and O–H groups in total. The Hall–Kier alpha value is -2.43. The molecule has 0 bridgehead atoms. The van der Waals surface area contributed by atoms with E-state index in [9.17, 15) is 9.59 Å². The van der Waals surface area contributed by atoms with E-state index in [1.165, 1.54) is 20.0 Å². The normalized spacial score (nSPS) is 10.6. The predicted octanol–water partition coefficient (Wildman–Crippen LogP) is 3.90. The number of amides is 1. The molecule has 2 aromatic rings. The van der Waals surface area contributed by atoms with Gasteiger partial charge in [-0.2, -0.15) is 0 Å². The first kappa shape index (κ1) is 18.9. The molecular formula is C20H26N2O3. The van der Waals surface area contributed by atoms with Gasteiger partial charge in [-0.1, -0.05) is 50.8 Å². The topological polar surface area (TPSA) is 68.3 Å². The van der Waals surface area contributed by atoms with Crippen molar-refractivity contribution < 1.29 is 14.3 Å². The SMILES string of the molecule is CCCCCCCC(=O)NCC(=O)c1cc2ccccc2nc1OC. The maximum Gasteiger partial charge on any atom is 0.224 e. The number of para-hydroxylation sites is 1. The summed E-state index contributed by atoms with van der Waals surface area (Å²) in [6.45, 7) is 2.12. The summed E-state index contributed by atoms with van der Waals surface area (Å²) >= 11 is 0. The second kappa shape index (κ2) is 9.77. The van der Waals surface area contributed by atoms with Crippen LogP contribution < -0.4 is 10.1 Å². The average Bonchev–Trinajstić information content (AvgIpc) is 2.64. The van der Waals surface area contributed by atoms with Gasteiger partial charge in [0.1, 0.15) is 0 Å². The summed E-state index contributed by atoms with van der Waals surface area (Å²) in [5.41, 5.74) is 1.16. The van der Waals surface area contributed by atoms with Crippen molar-refractivity contribution >= 4 is 22.6 Å². The number of rotatable bonds is 10. The number of carbonyl (C=O) groups excluding carboxylic acids is 2. The van der Waals surface area contributed by atoms with E-state index in [4.69, 9.17) is 4.74 Å². The highest BCUT2D eigenvalue weighted by Crippen LogP contribution is 2.22.